The molecule has 1 saturated heterocycles. The number of nitrogens with zero attached hydrogens (tertiary/aromatic N) is 4. The summed E-state index contributed by atoms with van der Waals surface area (Å²) in [6.07, 6.45) is 6.04. The monoisotopic (exact) mass is 407 g/mol. The molecule has 2 fully saturated rings. The normalized spacial score (nSPS) is 20.3. The standard InChI is InChI=1S/C23H29N5O2/c29-22(24-19-8-10-26(11-9-19)14-17-4-2-1-3-5-17)20-16-27-12-13-28(15-18-6-7-18)23(30)21(27)25-20/h1-5,16,18-19H,6-15H2,(H,24,29). The van der Waals surface area contributed by atoms with Gasteiger partial charge in [-0.1, -0.05) is 30.3 Å². The van der Waals surface area contributed by atoms with Gasteiger partial charge < -0.3 is 14.8 Å². The Bertz CT molecular complexity index is 913. The minimum Gasteiger partial charge on any atom is -0.348 e. The van der Waals surface area contributed by atoms with Crippen molar-refractivity contribution in [2.24, 2.45) is 5.92 Å². The second-order valence-corrected chi connectivity index (χ2v) is 8.85. The van der Waals surface area contributed by atoms with Crippen LogP contribution >= 0.6 is 0 Å². The largest absolute Gasteiger partial charge is 0.348 e. The first kappa shape index (κ1) is 19.3. The van der Waals surface area contributed by atoms with E-state index in [-0.39, 0.29) is 17.9 Å². The fraction of sp³-hybridized carbons (Fsp3) is 0.522. The van der Waals surface area contributed by atoms with Crippen LogP contribution in [0.5, 0.6) is 0 Å². The smallest absolute Gasteiger partial charge is 0.289 e. The lowest BCUT2D eigenvalue weighted by atomic mass is 10.0. The lowest BCUT2D eigenvalue weighted by molar-refractivity contribution is 0.0688. The average Bonchev–Trinajstić information content (AvgIpc) is 3.47. The summed E-state index contributed by atoms with van der Waals surface area (Å²) in [5.74, 6) is 0.858. The van der Waals surface area contributed by atoms with Gasteiger partial charge in [-0.05, 0) is 37.2 Å². The van der Waals surface area contributed by atoms with Crippen LogP contribution in [0.1, 0.15) is 52.4 Å². The highest BCUT2D eigenvalue weighted by Gasteiger charge is 2.33. The van der Waals surface area contributed by atoms with Gasteiger partial charge >= 0.3 is 0 Å². The van der Waals surface area contributed by atoms with E-state index in [9.17, 15) is 9.59 Å². The van der Waals surface area contributed by atoms with Crippen molar-refractivity contribution < 1.29 is 9.59 Å². The molecule has 7 heteroatoms. The van der Waals surface area contributed by atoms with Crippen molar-refractivity contribution >= 4 is 11.8 Å². The number of nitrogens with one attached hydrogen (secondary N) is 1. The molecule has 1 aliphatic carbocycles. The highest BCUT2D eigenvalue weighted by molar-refractivity contribution is 5.96. The molecule has 2 aromatic rings. The maximum absolute atomic E-state index is 12.8. The first-order valence-electron chi connectivity index (χ1n) is 11.1. The van der Waals surface area contributed by atoms with E-state index in [1.54, 1.807) is 6.20 Å². The van der Waals surface area contributed by atoms with Crippen LogP contribution in [0.2, 0.25) is 0 Å². The molecule has 1 aromatic heterocycles. The summed E-state index contributed by atoms with van der Waals surface area (Å²) in [5, 5.41) is 3.13. The fourth-order valence-corrected chi connectivity index (χ4v) is 4.46. The molecule has 0 unspecified atom stereocenters. The second-order valence-electron chi connectivity index (χ2n) is 8.85. The maximum Gasteiger partial charge on any atom is 0.289 e. The predicted octanol–water partition coefficient (Wildman–Crippen LogP) is 2.14. The third-order valence-corrected chi connectivity index (χ3v) is 6.45. The zero-order valence-electron chi connectivity index (χ0n) is 17.3. The first-order valence-corrected chi connectivity index (χ1v) is 11.1. The Morgan fingerprint density at radius 3 is 2.53 bits per heavy atom. The van der Waals surface area contributed by atoms with Crippen molar-refractivity contribution in [1.82, 2.24) is 24.7 Å². The van der Waals surface area contributed by atoms with E-state index in [2.05, 4.69) is 39.5 Å². The average molecular weight is 408 g/mol. The van der Waals surface area contributed by atoms with Crippen LogP contribution in [0.3, 0.4) is 0 Å². The van der Waals surface area contributed by atoms with Crippen LogP contribution in [0.25, 0.3) is 0 Å². The summed E-state index contributed by atoms with van der Waals surface area (Å²) < 4.78 is 1.84. The van der Waals surface area contributed by atoms with Gasteiger partial charge in [0.2, 0.25) is 0 Å². The molecule has 1 N–H and O–H groups in total. The minimum atomic E-state index is -0.167. The number of piperidine rings is 1. The number of amides is 2. The highest BCUT2D eigenvalue weighted by Crippen LogP contribution is 2.30. The molecule has 0 radical (unpaired) electrons. The van der Waals surface area contributed by atoms with E-state index in [1.807, 2.05) is 15.5 Å². The zero-order chi connectivity index (χ0) is 20.5. The number of rotatable bonds is 6. The van der Waals surface area contributed by atoms with Crippen LogP contribution in [-0.4, -0.2) is 63.4 Å². The number of likely N-dealkylation sites (tertiary alicyclic amines) is 1. The van der Waals surface area contributed by atoms with E-state index in [0.717, 1.165) is 39.0 Å². The molecule has 1 aromatic carbocycles. The van der Waals surface area contributed by atoms with Crippen LogP contribution in [0.15, 0.2) is 36.5 Å². The van der Waals surface area contributed by atoms with E-state index in [0.29, 0.717) is 30.5 Å². The molecule has 0 spiro atoms. The molecule has 1 saturated carbocycles. The van der Waals surface area contributed by atoms with Crippen molar-refractivity contribution in [1.29, 1.82) is 0 Å². The summed E-state index contributed by atoms with van der Waals surface area (Å²) >= 11 is 0. The zero-order valence-corrected chi connectivity index (χ0v) is 17.3. The maximum atomic E-state index is 12.8. The van der Waals surface area contributed by atoms with Crippen molar-refractivity contribution in [3.8, 4) is 0 Å². The van der Waals surface area contributed by atoms with E-state index in [1.165, 1.54) is 18.4 Å². The number of benzene rings is 1. The van der Waals surface area contributed by atoms with Crippen molar-refractivity contribution in [3.63, 3.8) is 0 Å². The number of hydrogen-bond acceptors (Lipinski definition) is 4. The molecule has 0 atom stereocenters. The van der Waals surface area contributed by atoms with Crippen LogP contribution in [-0.2, 0) is 13.1 Å². The molecule has 2 aliphatic heterocycles. The molecule has 158 valence electrons. The molecular formula is C23H29N5O2. The predicted molar refractivity (Wildman–Crippen MR) is 113 cm³/mol. The van der Waals surface area contributed by atoms with Gasteiger partial charge in [-0.2, -0.15) is 0 Å². The fourth-order valence-electron chi connectivity index (χ4n) is 4.46. The SMILES string of the molecule is O=C(NC1CCN(Cc2ccccc2)CC1)c1cn2c(n1)C(=O)N(CC1CC1)CC2. The van der Waals surface area contributed by atoms with Gasteiger partial charge in [0.25, 0.3) is 11.8 Å². The van der Waals surface area contributed by atoms with Crippen LogP contribution in [0, 0.1) is 5.92 Å². The van der Waals surface area contributed by atoms with E-state index >= 15 is 0 Å². The number of aromatic nitrogens is 2. The number of carbonyl (C=O) groups is 2. The number of fused-ring (bicyclic) bond motifs is 1. The number of imidazole rings is 1. The minimum absolute atomic E-state index is 0.0404. The molecule has 5 rings (SSSR count). The molecule has 0 bridgehead atoms. The van der Waals surface area contributed by atoms with Crippen LogP contribution in [0.4, 0.5) is 0 Å². The Morgan fingerprint density at radius 1 is 1.03 bits per heavy atom. The Balaban J connectivity index is 1.15. The van der Waals surface area contributed by atoms with Gasteiger partial charge in [0.15, 0.2) is 5.82 Å². The quantitative estimate of drug-likeness (QED) is 0.797. The molecular weight excluding hydrogens is 378 g/mol. The van der Waals surface area contributed by atoms with Crippen molar-refractivity contribution in [3.05, 3.63) is 53.6 Å². The van der Waals surface area contributed by atoms with Crippen molar-refractivity contribution in [2.45, 2.75) is 44.8 Å². The number of hydrogen-bond donors (Lipinski definition) is 1. The molecule has 30 heavy (non-hydrogen) atoms. The highest BCUT2D eigenvalue weighted by atomic mass is 16.2. The Kier molecular flexibility index (Phi) is 5.29. The summed E-state index contributed by atoms with van der Waals surface area (Å²) in [4.78, 5) is 34.2. The molecule has 3 heterocycles. The van der Waals surface area contributed by atoms with Crippen LogP contribution < -0.4 is 5.32 Å². The van der Waals surface area contributed by atoms with Crippen molar-refractivity contribution in [2.75, 3.05) is 26.2 Å². The summed E-state index contributed by atoms with van der Waals surface area (Å²) in [6.45, 7) is 5.14. The molecule has 7 nitrogen and oxygen atoms in total. The van der Waals surface area contributed by atoms with Gasteiger partial charge in [0.1, 0.15) is 5.69 Å². The Labute approximate surface area is 177 Å². The summed E-state index contributed by atoms with van der Waals surface area (Å²) in [6, 6.07) is 10.6. The lowest BCUT2D eigenvalue weighted by Gasteiger charge is -2.32. The second kappa shape index (κ2) is 8.22. The molecule has 3 aliphatic rings. The number of carbonyl (C=O) groups excluding carboxylic acids is 2. The molecule has 2 amide bonds. The van der Waals surface area contributed by atoms with E-state index in [4.69, 9.17) is 0 Å². The third-order valence-electron chi connectivity index (χ3n) is 6.45. The topological polar surface area (TPSA) is 70.5 Å². The van der Waals surface area contributed by atoms with E-state index < -0.39 is 0 Å². The summed E-state index contributed by atoms with van der Waals surface area (Å²) in [7, 11) is 0. The Hall–Kier alpha value is -2.67. The van der Waals surface area contributed by atoms with Gasteiger partial charge in [0.05, 0.1) is 0 Å². The summed E-state index contributed by atoms with van der Waals surface area (Å²) in [5.41, 5.74) is 1.68. The van der Waals surface area contributed by atoms with Gasteiger partial charge in [-0.25, -0.2) is 4.98 Å². The van der Waals surface area contributed by atoms with Gasteiger partial charge in [-0.3, -0.25) is 14.5 Å². The third kappa shape index (κ3) is 4.26. The lowest BCUT2D eigenvalue weighted by Crippen LogP contribution is -2.44. The van der Waals surface area contributed by atoms with Gasteiger partial charge in [0, 0.05) is 51.5 Å². The first-order chi connectivity index (χ1) is 14.7. The van der Waals surface area contributed by atoms with Gasteiger partial charge in [-0.15, -0.1) is 0 Å². The Morgan fingerprint density at radius 2 is 1.80 bits per heavy atom.